The lowest BCUT2D eigenvalue weighted by Gasteiger charge is -1.95. The van der Waals surface area contributed by atoms with Crippen molar-refractivity contribution < 1.29 is 9.18 Å². The average Bonchev–Trinajstić information content (AvgIpc) is 2.18. The highest BCUT2D eigenvalue weighted by molar-refractivity contribution is 5.73. The van der Waals surface area contributed by atoms with Crippen LogP contribution in [-0.4, -0.2) is 17.4 Å². The topological polar surface area (TPSA) is 42.0 Å². The zero-order chi connectivity index (χ0) is 11.3. The number of nitrogens with one attached hydrogen (secondary N) is 1. The molecule has 1 heterocycles. The maximum atomic E-state index is 12.8. The summed E-state index contributed by atoms with van der Waals surface area (Å²) in [7, 11) is 0. The van der Waals surface area contributed by atoms with Crippen molar-refractivity contribution in [3.8, 4) is 11.8 Å². The van der Waals surface area contributed by atoms with Crippen molar-refractivity contribution in [1.82, 2.24) is 10.3 Å². The number of amides is 1. The molecule has 1 aromatic heterocycles. The molecule has 1 aromatic rings. The Labute approximate surface area is 87.7 Å². The summed E-state index contributed by atoms with van der Waals surface area (Å²) in [5.41, 5.74) is 0.820. The minimum Gasteiger partial charge on any atom is -0.345 e. The Morgan fingerprint density at radius 3 is 2.93 bits per heavy atom. The number of nitrogens with zero attached hydrogens (tertiary/aromatic N) is 1. The Morgan fingerprint density at radius 1 is 1.60 bits per heavy atom. The van der Waals surface area contributed by atoms with Gasteiger partial charge in [0.1, 0.15) is 11.5 Å². The second-order valence-electron chi connectivity index (χ2n) is 2.98. The standard InChI is InChI=1S/C11H11FN2O/c1-8-11(12)6-5-10(14-8)4-3-7-13-9(2)15/h5-6H,7H2,1-2H3,(H,13,15). The van der Waals surface area contributed by atoms with Crippen LogP contribution >= 0.6 is 0 Å². The molecule has 0 aliphatic carbocycles. The summed E-state index contributed by atoms with van der Waals surface area (Å²) in [4.78, 5) is 14.4. The van der Waals surface area contributed by atoms with Gasteiger partial charge in [0.15, 0.2) is 0 Å². The van der Waals surface area contributed by atoms with E-state index in [0.29, 0.717) is 11.4 Å². The second-order valence-corrected chi connectivity index (χ2v) is 2.98. The van der Waals surface area contributed by atoms with E-state index in [1.165, 1.54) is 19.1 Å². The Hall–Kier alpha value is -1.89. The summed E-state index contributed by atoms with van der Waals surface area (Å²) < 4.78 is 12.8. The van der Waals surface area contributed by atoms with Gasteiger partial charge < -0.3 is 5.32 Å². The Bertz CT molecular complexity index is 432. The van der Waals surface area contributed by atoms with Crippen LogP contribution in [-0.2, 0) is 4.79 Å². The van der Waals surface area contributed by atoms with E-state index in [0.717, 1.165) is 0 Å². The molecule has 1 N–H and O–H groups in total. The van der Waals surface area contributed by atoms with Gasteiger partial charge in [-0.05, 0) is 25.0 Å². The Balaban J connectivity index is 2.64. The van der Waals surface area contributed by atoms with Crippen molar-refractivity contribution in [3.63, 3.8) is 0 Å². The molecule has 0 aromatic carbocycles. The number of aryl methyl sites for hydroxylation is 1. The molecule has 0 bridgehead atoms. The molecule has 1 rings (SSSR count). The van der Waals surface area contributed by atoms with Crippen LogP contribution in [0.3, 0.4) is 0 Å². The van der Waals surface area contributed by atoms with Gasteiger partial charge in [0.2, 0.25) is 5.91 Å². The number of rotatable bonds is 1. The first kappa shape index (κ1) is 11.2. The summed E-state index contributed by atoms with van der Waals surface area (Å²) in [6, 6.07) is 2.83. The molecule has 0 saturated carbocycles. The van der Waals surface area contributed by atoms with Crippen molar-refractivity contribution in [2.75, 3.05) is 6.54 Å². The lowest BCUT2D eigenvalue weighted by Crippen LogP contribution is -2.19. The number of pyridine rings is 1. The van der Waals surface area contributed by atoms with Gasteiger partial charge in [-0.1, -0.05) is 5.92 Å². The molecule has 3 nitrogen and oxygen atoms in total. The van der Waals surface area contributed by atoms with Crippen molar-refractivity contribution in [2.45, 2.75) is 13.8 Å². The molecule has 0 saturated heterocycles. The third kappa shape index (κ3) is 3.77. The van der Waals surface area contributed by atoms with Gasteiger partial charge in [0, 0.05) is 6.92 Å². The minimum atomic E-state index is -0.345. The molecule has 0 aliphatic heterocycles. The SMILES string of the molecule is CC(=O)NCC#Cc1ccc(F)c(C)n1. The number of halogens is 1. The largest absolute Gasteiger partial charge is 0.345 e. The van der Waals surface area contributed by atoms with E-state index >= 15 is 0 Å². The zero-order valence-corrected chi connectivity index (χ0v) is 8.60. The van der Waals surface area contributed by atoms with E-state index in [9.17, 15) is 9.18 Å². The first-order valence-corrected chi connectivity index (χ1v) is 4.46. The predicted octanol–water partition coefficient (Wildman–Crippen LogP) is 1.02. The van der Waals surface area contributed by atoms with Crippen LogP contribution in [0.2, 0.25) is 0 Å². The molecule has 0 unspecified atom stereocenters. The Morgan fingerprint density at radius 2 is 2.33 bits per heavy atom. The smallest absolute Gasteiger partial charge is 0.217 e. The van der Waals surface area contributed by atoms with Crippen LogP contribution < -0.4 is 5.32 Å². The van der Waals surface area contributed by atoms with E-state index < -0.39 is 0 Å². The zero-order valence-electron chi connectivity index (χ0n) is 8.60. The molecule has 0 atom stereocenters. The third-order valence-electron chi connectivity index (χ3n) is 1.66. The molecule has 0 fully saturated rings. The molecular weight excluding hydrogens is 195 g/mol. The maximum absolute atomic E-state index is 12.8. The van der Waals surface area contributed by atoms with Gasteiger partial charge in [-0.2, -0.15) is 0 Å². The van der Waals surface area contributed by atoms with Crippen LogP contribution in [0.15, 0.2) is 12.1 Å². The monoisotopic (exact) mass is 206 g/mol. The fraction of sp³-hybridized carbons (Fsp3) is 0.273. The lowest BCUT2D eigenvalue weighted by molar-refractivity contribution is -0.118. The van der Waals surface area contributed by atoms with E-state index in [1.807, 2.05) is 0 Å². The summed E-state index contributed by atoms with van der Waals surface area (Å²) in [6.07, 6.45) is 0. The van der Waals surface area contributed by atoms with Crippen LogP contribution in [0.25, 0.3) is 0 Å². The van der Waals surface area contributed by atoms with Crippen molar-refractivity contribution in [3.05, 3.63) is 29.3 Å². The molecule has 0 spiro atoms. The Kier molecular flexibility index (Phi) is 3.81. The van der Waals surface area contributed by atoms with Gasteiger partial charge in [0.05, 0.1) is 12.2 Å². The van der Waals surface area contributed by atoms with Crippen molar-refractivity contribution >= 4 is 5.91 Å². The third-order valence-corrected chi connectivity index (χ3v) is 1.66. The first-order valence-electron chi connectivity index (χ1n) is 4.46. The summed E-state index contributed by atoms with van der Waals surface area (Å²) >= 11 is 0. The summed E-state index contributed by atoms with van der Waals surface area (Å²) in [6.45, 7) is 3.27. The number of carbonyl (C=O) groups is 1. The number of carbonyl (C=O) groups excluding carboxylic acids is 1. The highest BCUT2D eigenvalue weighted by Crippen LogP contribution is 2.02. The normalized spacial score (nSPS) is 9.00. The number of hydrogen-bond acceptors (Lipinski definition) is 2. The van der Waals surface area contributed by atoms with Gasteiger partial charge in [-0.25, -0.2) is 9.37 Å². The lowest BCUT2D eigenvalue weighted by atomic mass is 10.3. The van der Waals surface area contributed by atoms with Gasteiger partial charge in [-0.3, -0.25) is 4.79 Å². The minimum absolute atomic E-state index is 0.132. The first-order chi connectivity index (χ1) is 7.09. The quantitative estimate of drug-likeness (QED) is 0.697. The molecule has 1 amide bonds. The summed E-state index contributed by atoms with van der Waals surface area (Å²) in [5.74, 6) is 4.96. The van der Waals surface area contributed by atoms with Gasteiger partial charge in [-0.15, -0.1) is 0 Å². The van der Waals surface area contributed by atoms with E-state index in [4.69, 9.17) is 0 Å². The van der Waals surface area contributed by atoms with Crippen LogP contribution in [0.4, 0.5) is 4.39 Å². The molecule has 0 aliphatic rings. The van der Waals surface area contributed by atoms with Gasteiger partial charge >= 0.3 is 0 Å². The number of hydrogen-bond donors (Lipinski definition) is 1. The van der Waals surface area contributed by atoms with Crippen LogP contribution in [0.5, 0.6) is 0 Å². The number of aromatic nitrogens is 1. The fourth-order valence-corrected chi connectivity index (χ4v) is 0.917. The highest BCUT2D eigenvalue weighted by atomic mass is 19.1. The van der Waals surface area contributed by atoms with Crippen molar-refractivity contribution in [2.24, 2.45) is 0 Å². The fourth-order valence-electron chi connectivity index (χ4n) is 0.917. The van der Waals surface area contributed by atoms with Crippen LogP contribution in [0.1, 0.15) is 18.3 Å². The molecule has 4 heteroatoms. The van der Waals surface area contributed by atoms with E-state index in [-0.39, 0.29) is 18.3 Å². The maximum Gasteiger partial charge on any atom is 0.217 e. The van der Waals surface area contributed by atoms with Gasteiger partial charge in [0.25, 0.3) is 0 Å². The molecule has 0 radical (unpaired) electrons. The molecule has 15 heavy (non-hydrogen) atoms. The van der Waals surface area contributed by atoms with E-state index in [2.05, 4.69) is 22.1 Å². The van der Waals surface area contributed by atoms with E-state index in [1.54, 1.807) is 6.92 Å². The van der Waals surface area contributed by atoms with Crippen molar-refractivity contribution in [1.29, 1.82) is 0 Å². The molecular formula is C11H11FN2O. The second kappa shape index (κ2) is 5.11. The predicted molar refractivity (Wildman–Crippen MR) is 54.5 cm³/mol. The highest BCUT2D eigenvalue weighted by Gasteiger charge is 1.97. The molecule has 78 valence electrons. The average molecular weight is 206 g/mol. The van der Waals surface area contributed by atoms with Crippen LogP contribution in [0, 0.1) is 24.6 Å². The summed E-state index contributed by atoms with van der Waals surface area (Å²) in [5, 5.41) is 2.53.